The molecule has 1 fully saturated rings. The van der Waals surface area contributed by atoms with Crippen molar-refractivity contribution in [2.24, 2.45) is 5.41 Å². The van der Waals surface area contributed by atoms with Crippen LogP contribution in [0.2, 0.25) is 0 Å². The van der Waals surface area contributed by atoms with E-state index in [-0.39, 0.29) is 17.3 Å². The molecule has 0 radical (unpaired) electrons. The van der Waals surface area contributed by atoms with Gasteiger partial charge in [0.2, 0.25) is 5.91 Å². The SMILES string of the molecule is CC1(C)COCC1NC(=O)NC(=O)CCl. The van der Waals surface area contributed by atoms with Crippen LogP contribution in [0.15, 0.2) is 0 Å². The standard InChI is InChI=1S/C9H15ClN2O3/c1-9(2)5-15-4-6(9)11-8(14)12-7(13)3-10/h6H,3-5H2,1-2H3,(H2,11,12,13,14). The molecular weight excluding hydrogens is 220 g/mol. The smallest absolute Gasteiger partial charge is 0.321 e. The fraction of sp³-hybridized carbons (Fsp3) is 0.778. The van der Waals surface area contributed by atoms with Crippen molar-refractivity contribution in [3.63, 3.8) is 0 Å². The minimum atomic E-state index is -0.524. The zero-order valence-corrected chi connectivity index (χ0v) is 9.56. The summed E-state index contributed by atoms with van der Waals surface area (Å²) in [6, 6.07) is -0.607. The second-order valence-electron chi connectivity index (χ2n) is 4.21. The van der Waals surface area contributed by atoms with E-state index >= 15 is 0 Å². The van der Waals surface area contributed by atoms with Crippen molar-refractivity contribution in [3.05, 3.63) is 0 Å². The van der Waals surface area contributed by atoms with E-state index < -0.39 is 11.9 Å². The van der Waals surface area contributed by atoms with Gasteiger partial charge in [-0.1, -0.05) is 13.8 Å². The first kappa shape index (κ1) is 12.3. The fourth-order valence-corrected chi connectivity index (χ4v) is 1.42. The van der Waals surface area contributed by atoms with Crippen molar-refractivity contribution in [2.75, 3.05) is 19.1 Å². The third-order valence-corrected chi connectivity index (χ3v) is 2.62. The molecule has 15 heavy (non-hydrogen) atoms. The van der Waals surface area contributed by atoms with Gasteiger partial charge in [-0.25, -0.2) is 4.79 Å². The summed E-state index contributed by atoms with van der Waals surface area (Å²) >= 11 is 5.25. The maximum Gasteiger partial charge on any atom is 0.321 e. The molecule has 6 heteroatoms. The summed E-state index contributed by atoms with van der Waals surface area (Å²) in [6.07, 6.45) is 0. The Morgan fingerprint density at radius 3 is 2.67 bits per heavy atom. The molecule has 3 amide bonds. The molecule has 0 aromatic heterocycles. The van der Waals surface area contributed by atoms with Gasteiger partial charge in [-0.15, -0.1) is 11.6 Å². The van der Waals surface area contributed by atoms with Crippen molar-refractivity contribution in [1.29, 1.82) is 0 Å². The highest BCUT2D eigenvalue weighted by Crippen LogP contribution is 2.26. The Morgan fingerprint density at radius 2 is 2.20 bits per heavy atom. The molecule has 1 aliphatic rings. The number of hydrogen-bond donors (Lipinski definition) is 2. The first-order chi connectivity index (χ1) is 6.95. The minimum Gasteiger partial charge on any atom is -0.379 e. The van der Waals surface area contributed by atoms with Gasteiger partial charge in [-0.3, -0.25) is 10.1 Å². The lowest BCUT2D eigenvalue weighted by Crippen LogP contribution is -2.50. The summed E-state index contributed by atoms with van der Waals surface area (Å²) in [5, 5.41) is 4.80. The van der Waals surface area contributed by atoms with E-state index in [9.17, 15) is 9.59 Å². The highest BCUT2D eigenvalue weighted by atomic mass is 35.5. The van der Waals surface area contributed by atoms with E-state index in [0.29, 0.717) is 13.2 Å². The molecule has 1 heterocycles. The molecule has 5 nitrogen and oxygen atoms in total. The Kier molecular flexibility index (Phi) is 3.93. The molecular formula is C9H15ClN2O3. The van der Waals surface area contributed by atoms with E-state index in [1.165, 1.54) is 0 Å². The van der Waals surface area contributed by atoms with E-state index in [1.54, 1.807) is 0 Å². The lowest BCUT2D eigenvalue weighted by molar-refractivity contribution is -0.117. The van der Waals surface area contributed by atoms with Crippen molar-refractivity contribution < 1.29 is 14.3 Å². The number of nitrogens with one attached hydrogen (secondary N) is 2. The van der Waals surface area contributed by atoms with Gasteiger partial charge in [-0.05, 0) is 0 Å². The van der Waals surface area contributed by atoms with Crippen LogP contribution in [-0.4, -0.2) is 37.1 Å². The molecule has 0 saturated carbocycles. The van der Waals surface area contributed by atoms with Crippen LogP contribution in [0.3, 0.4) is 0 Å². The second kappa shape index (κ2) is 4.81. The summed E-state index contributed by atoms with van der Waals surface area (Å²) in [7, 11) is 0. The van der Waals surface area contributed by atoms with Crippen LogP contribution in [0.5, 0.6) is 0 Å². The van der Waals surface area contributed by atoms with Crippen LogP contribution in [0, 0.1) is 5.41 Å². The molecule has 2 N–H and O–H groups in total. The number of alkyl halides is 1. The van der Waals surface area contributed by atoms with E-state index in [0.717, 1.165) is 0 Å². The predicted octanol–water partition coefficient (Wildman–Crippen LogP) is 0.476. The van der Waals surface area contributed by atoms with Crippen LogP contribution in [0.4, 0.5) is 4.79 Å². The van der Waals surface area contributed by atoms with Gasteiger partial charge < -0.3 is 10.1 Å². The Balaban J connectivity index is 2.41. The number of ether oxygens (including phenoxy) is 1. The van der Waals surface area contributed by atoms with Crippen LogP contribution >= 0.6 is 11.6 Å². The molecule has 1 rings (SSSR count). The van der Waals surface area contributed by atoms with Gasteiger partial charge in [0, 0.05) is 5.41 Å². The molecule has 86 valence electrons. The number of carbonyl (C=O) groups is 2. The third kappa shape index (κ3) is 3.35. The summed E-state index contributed by atoms with van der Waals surface area (Å²) < 4.78 is 5.25. The van der Waals surface area contributed by atoms with Gasteiger partial charge in [-0.2, -0.15) is 0 Å². The largest absolute Gasteiger partial charge is 0.379 e. The minimum absolute atomic E-state index is 0.0828. The maximum absolute atomic E-state index is 11.3. The monoisotopic (exact) mass is 234 g/mol. The summed E-state index contributed by atoms with van der Waals surface area (Å²) in [5.41, 5.74) is -0.110. The lowest BCUT2D eigenvalue weighted by atomic mass is 9.88. The second-order valence-corrected chi connectivity index (χ2v) is 4.48. The van der Waals surface area contributed by atoms with Gasteiger partial charge in [0.05, 0.1) is 19.3 Å². The Hall–Kier alpha value is -0.810. The number of carbonyl (C=O) groups excluding carboxylic acids is 2. The number of urea groups is 1. The first-order valence-electron chi connectivity index (χ1n) is 4.70. The average molecular weight is 235 g/mol. The van der Waals surface area contributed by atoms with Gasteiger partial charge >= 0.3 is 6.03 Å². The molecule has 0 aromatic rings. The number of rotatable bonds is 2. The Labute approximate surface area is 93.5 Å². The zero-order chi connectivity index (χ0) is 11.5. The van der Waals surface area contributed by atoms with Gasteiger partial charge in [0.15, 0.2) is 0 Å². The van der Waals surface area contributed by atoms with Gasteiger partial charge in [0.25, 0.3) is 0 Å². The molecule has 0 bridgehead atoms. The van der Waals surface area contributed by atoms with E-state index in [2.05, 4.69) is 10.6 Å². The van der Waals surface area contributed by atoms with E-state index in [1.807, 2.05) is 13.8 Å². The van der Waals surface area contributed by atoms with Crippen molar-refractivity contribution in [3.8, 4) is 0 Å². The number of halogens is 1. The maximum atomic E-state index is 11.3. The summed E-state index contributed by atoms with van der Waals surface area (Å²) in [5.74, 6) is -0.733. The molecule has 0 spiro atoms. The van der Waals surface area contributed by atoms with Crippen molar-refractivity contribution >= 4 is 23.5 Å². The lowest BCUT2D eigenvalue weighted by Gasteiger charge is -2.25. The molecule has 0 aliphatic carbocycles. The molecule has 1 unspecified atom stereocenters. The van der Waals surface area contributed by atoms with Gasteiger partial charge in [0.1, 0.15) is 5.88 Å². The normalized spacial score (nSPS) is 23.5. The number of imide groups is 1. The predicted molar refractivity (Wildman–Crippen MR) is 55.8 cm³/mol. The van der Waals surface area contributed by atoms with Crippen LogP contribution in [-0.2, 0) is 9.53 Å². The summed E-state index contributed by atoms with van der Waals surface area (Å²) in [4.78, 5) is 22.1. The van der Waals surface area contributed by atoms with Crippen LogP contribution in [0.1, 0.15) is 13.8 Å². The third-order valence-electron chi connectivity index (χ3n) is 2.38. The summed E-state index contributed by atoms with van der Waals surface area (Å²) in [6.45, 7) is 5.06. The zero-order valence-electron chi connectivity index (χ0n) is 8.80. The topological polar surface area (TPSA) is 67.4 Å². The molecule has 1 aliphatic heterocycles. The molecule has 1 atom stereocenters. The Morgan fingerprint density at radius 1 is 1.53 bits per heavy atom. The fourth-order valence-electron chi connectivity index (χ4n) is 1.36. The average Bonchev–Trinajstić information content (AvgIpc) is 2.45. The van der Waals surface area contributed by atoms with Crippen molar-refractivity contribution in [1.82, 2.24) is 10.6 Å². The first-order valence-corrected chi connectivity index (χ1v) is 5.23. The molecule has 1 saturated heterocycles. The van der Waals surface area contributed by atoms with E-state index in [4.69, 9.17) is 16.3 Å². The van der Waals surface area contributed by atoms with Crippen LogP contribution in [0.25, 0.3) is 0 Å². The van der Waals surface area contributed by atoms with Crippen molar-refractivity contribution in [2.45, 2.75) is 19.9 Å². The Bertz CT molecular complexity index is 268. The molecule has 0 aromatic carbocycles. The number of hydrogen-bond acceptors (Lipinski definition) is 3. The highest BCUT2D eigenvalue weighted by molar-refractivity contribution is 6.28. The van der Waals surface area contributed by atoms with Crippen LogP contribution < -0.4 is 10.6 Å². The quantitative estimate of drug-likeness (QED) is 0.683. The highest BCUT2D eigenvalue weighted by Gasteiger charge is 2.36. The number of amides is 3.